The lowest BCUT2D eigenvalue weighted by atomic mass is 10.1. The van der Waals surface area contributed by atoms with E-state index < -0.39 is 16.0 Å². The van der Waals surface area contributed by atoms with Gasteiger partial charge in [0.05, 0.1) is 24.1 Å². The van der Waals surface area contributed by atoms with E-state index in [1.54, 1.807) is 24.3 Å². The second-order valence-electron chi connectivity index (χ2n) is 5.28. The van der Waals surface area contributed by atoms with E-state index in [2.05, 4.69) is 21.3 Å². The summed E-state index contributed by atoms with van der Waals surface area (Å²) in [7, 11) is -2.48. The summed E-state index contributed by atoms with van der Waals surface area (Å²) >= 11 is 0. The molecular weight excluding hydrogens is 354 g/mol. The zero-order valence-electron chi connectivity index (χ0n) is 14.3. The Morgan fingerprint density at radius 3 is 2.12 bits per heavy atom. The lowest BCUT2D eigenvalue weighted by molar-refractivity contribution is 0.0600. The first-order valence-corrected chi connectivity index (χ1v) is 9.10. The van der Waals surface area contributed by atoms with Gasteiger partial charge in [-0.3, -0.25) is 4.79 Å². The van der Waals surface area contributed by atoms with Crippen LogP contribution in [0.1, 0.15) is 33.2 Å². The molecule has 2 rings (SSSR count). The predicted octanol–water partition coefficient (Wildman–Crippen LogP) is 2.01. The molecule has 26 heavy (non-hydrogen) atoms. The van der Waals surface area contributed by atoms with E-state index in [-0.39, 0.29) is 22.8 Å². The fourth-order valence-corrected chi connectivity index (χ4v) is 2.96. The number of carbonyl (C=O) groups excluding carboxylic acids is 2. The van der Waals surface area contributed by atoms with Gasteiger partial charge in [0.25, 0.3) is 0 Å². The van der Waals surface area contributed by atoms with E-state index in [1.165, 1.54) is 38.3 Å². The van der Waals surface area contributed by atoms with Gasteiger partial charge in [-0.2, -0.15) is 4.72 Å². The summed E-state index contributed by atoms with van der Waals surface area (Å²) in [5.74, 6) is 4.96. The van der Waals surface area contributed by atoms with Crippen LogP contribution in [0, 0.1) is 11.8 Å². The van der Waals surface area contributed by atoms with Gasteiger partial charge in [0, 0.05) is 11.1 Å². The summed E-state index contributed by atoms with van der Waals surface area (Å²) in [6.45, 7) is 1.41. The molecule has 0 atom stereocenters. The molecule has 0 fully saturated rings. The summed E-state index contributed by atoms with van der Waals surface area (Å²) in [5.41, 5.74) is 1.53. The highest BCUT2D eigenvalue weighted by molar-refractivity contribution is 7.89. The molecule has 7 heteroatoms. The van der Waals surface area contributed by atoms with E-state index in [0.717, 1.165) is 0 Å². The second kappa shape index (κ2) is 8.43. The quantitative estimate of drug-likeness (QED) is 0.493. The highest BCUT2D eigenvalue weighted by atomic mass is 32.2. The van der Waals surface area contributed by atoms with Gasteiger partial charge in [-0.1, -0.05) is 24.0 Å². The Balaban J connectivity index is 2.00. The number of nitrogens with one attached hydrogen (secondary N) is 1. The largest absolute Gasteiger partial charge is 0.465 e. The third-order valence-corrected chi connectivity index (χ3v) is 4.88. The van der Waals surface area contributed by atoms with Crippen molar-refractivity contribution in [3.63, 3.8) is 0 Å². The van der Waals surface area contributed by atoms with Crippen molar-refractivity contribution in [2.24, 2.45) is 0 Å². The van der Waals surface area contributed by atoms with E-state index in [1.807, 2.05) is 0 Å². The van der Waals surface area contributed by atoms with Crippen molar-refractivity contribution < 1.29 is 22.7 Å². The number of Topliss-reactive ketones (excluding diaryl/α,β-unsaturated/α-hetero) is 1. The summed E-state index contributed by atoms with van der Waals surface area (Å²) in [4.78, 5) is 22.6. The second-order valence-corrected chi connectivity index (χ2v) is 7.04. The predicted molar refractivity (Wildman–Crippen MR) is 96.3 cm³/mol. The van der Waals surface area contributed by atoms with Crippen molar-refractivity contribution in [2.75, 3.05) is 13.7 Å². The molecular formula is C19H17NO5S. The van der Waals surface area contributed by atoms with Crippen molar-refractivity contribution in [3.05, 3.63) is 65.2 Å². The van der Waals surface area contributed by atoms with Gasteiger partial charge in [0.1, 0.15) is 0 Å². The van der Waals surface area contributed by atoms with Crippen LogP contribution in [-0.2, 0) is 14.8 Å². The average molecular weight is 371 g/mol. The molecule has 134 valence electrons. The maximum Gasteiger partial charge on any atom is 0.337 e. The molecule has 0 spiro atoms. The van der Waals surface area contributed by atoms with Gasteiger partial charge in [-0.05, 0) is 43.3 Å². The number of ether oxygens (including phenoxy) is 1. The summed E-state index contributed by atoms with van der Waals surface area (Å²) in [6, 6.07) is 12.1. The molecule has 2 aromatic rings. The number of sulfonamides is 1. The molecule has 0 aliphatic carbocycles. The Kier molecular flexibility index (Phi) is 6.28. The molecule has 0 bridgehead atoms. The summed E-state index contributed by atoms with van der Waals surface area (Å²) < 4.78 is 31.3. The molecule has 0 aromatic heterocycles. The minimum absolute atomic E-state index is 0.0257. The van der Waals surface area contributed by atoms with Crippen LogP contribution in [0.2, 0.25) is 0 Å². The van der Waals surface area contributed by atoms with Gasteiger partial charge in [0.2, 0.25) is 10.0 Å². The Labute approximate surface area is 152 Å². The van der Waals surface area contributed by atoms with E-state index >= 15 is 0 Å². The topological polar surface area (TPSA) is 89.5 Å². The van der Waals surface area contributed by atoms with Gasteiger partial charge in [0.15, 0.2) is 5.78 Å². The van der Waals surface area contributed by atoms with Crippen LogP contribution in [-0.4, -0.2) is 33.8 Å². The van der Waals surface area contributed by atoms with E-state index in [9.17, 15) is 18.0 Å². The maximum absolute atomic E-state index is 12.2. The highest BCUT2D eigenvalue weighted by Gasteiger charge is 2.14. The molecule has 1 N–H and O–H groups in total. The van der Waals surface area contributed by atoms with Gasteiger partial charge >= 0.3 is 5.97 Å². The Morgan fingerprint density at radius 2 is 1.58 bits per heavy atom. The number of hydrogen-bond donors (Lipinski definition) is 1. The standard InChI is InChI=1S/C19H17NO5S/c1-14(21)16-7-5-15(6-8-16)4-3-13-20-26(23,24)18-11-9-17(10-12-18)19(22)25-2/h5-12,20H,13H2,1-2H3. The Bertz CT molecular complexity index is 965. The first kappa shape index (κ1) is 19.4. The van der Waals surface area contributed by atoms with Crippen molar-refractivity contribution in [2.45, 2.75) is 11.8 Å². The van der Waals surface area contributed by atoms with Crippen LogP contribution in [0.3, 0.4) is 0 Å². The number of hydrogen-bond acceptors (Lipinski definition) is 5. The molecule has 0 amide bonds. The van der Waals surface area contributed by atoms with Gasteiger partial charge < -0.3 is 4.74 Å². The molecule has 0 heterocycles. The molecule has 0 aliphatic heterocycles. The minimum atomic E-state index is -3.73. The molecule has 0 saturated heterocycles. The normalized spacial score (nSPS) is 10.5. The van der Waals surface area contributed by atoms with Crippen LogP contribution in [0.4, 0.5) is 0 Å². The van der Waals surface area contributed by atoms with Gasteiger partial charge in [-0.25, -0.2) is 13.2 Å². The van der Waals surface area contributed by atoms with E-state index in [0.29, 0.717) is 11.1 Å². The first-order chi connectivity index (χ1) is 12.3. The Morgan fingerprint density at radius 1 is 1.00 bits per heavy atom. The summed E-state index contributed by atoms with van der Waals surface area (Å²) in [5, 5.41) is 0. The van der Waals surface area contributed by atoms with Crippen LogP contribution >= 0.6 is 0 Å². The van der Waals surface area contributed by atoms with Crippen molar-refractivity contribution in [1.82, 2.24) is 4.72 Å². The van der Waals surface area contributed by atoms with Crippen LogP contribution < -0.4 is 4.72 Å². The molecule has 0 radical (unpaired) electrons. The van der Waals surface area contributed by atoms with Crippen molar-refractivity contribution in [1.29, 1.82) is 0 Å². The SMILES string of the molecule is COC(=O)c1ccc(S(=O)(=O)NCC#Cc2ccc(C(C)=O)cc2)cc1. The minimum Gasteiger partial charge on any atom is -0.465 e. The molecule has 0 saturated carbocycles. The third kappa shape index (κ3) is 5.02. The van der Waals surface area contributed by atoms with E-state index in [4.69, 9.17) is 0 Å². The Hall–Kier alpha value is -2.95. The maximum atomic E-state index is 12.2. The number of methoxy groups -OCH3 is 1. The lowest BCUT2D eigenvalue weighted by Crippen LogP contribution is -2.24. The number of esters is 1. The average Bonchev–Trinajstić information content (AvgIpc) is 2.65. The van der Waals surface area contributed by atoms with Crippen LogP contribution in [0.25, 0.3) is 0 Å². The lowest BCUT2D eigenvalue weighted by Gasteiger charge is -2.05. The highest BCUT2D eigenvalue weighted by Crippen LogP contribution is 2.11. The number of rotatable bonds is 5. The first-order valence-electron chi connectivity index (χ1n) is 7.61. The molecule has 6 nitrogen and oxygen atoms in total. The molecule has 0 unspecified atom stereocenters. The fraction of sp³-hybridized carbons (Fsp3) is 0.158. The zero-order valence-corrected chi connectivity index (χ0v) is 15.1. The number of ketones is 1. The third-order valence-electron chi connectivity index (χ3n) is 3.46. The van der Waals surface area contributed by atoms with Crippen molar-refractivity contribution in [3.8, 4) is 11.8 Å². The van der Waals surface area contributed by atoms with Gasteiger partial charge in [-0.15, -0.1) is 0 Å². The number of benzene rings is 2. The van der Waals surface area contributed by atoms with Crippen LogP contribution in [0.5, 0.6) is 0 Å². The smallest absolute Gasteiger partial charge is 0.337 e. The van der Waals surface area contributed by atoms with Crippen LogP contribution in [0.15, 0.2) is 53.4 Å². The van der Waals surface area contributed by atoms with Crippen molar-refractivity contribution >= 4 is 21.8 Å². The fourth-order valence-electron chi connectivity index (χ4n) is 2.04. The monoisotopic (exact) mass is 371 g/mol. The summed E-state index contributed by atoms with van der Waals surface area (Å²) in [6.07, 6.45) is 0. The molecule has 0 aliphatic rings. The molecule has 2 aromatic carbocycles. The number of carbonyl (C=O) groups is 2. The zero-order chi connectivity index (χ0) is 19.2.